The Hall–Kier alpha value is -1.32. The van der Waals surface area contributed by atoms with E-state index in [4.69, 9.17) is 23.2 Å². The zero-order chi connectivity index (χ0) is 13.1. The molecular formula is C13H12Cl2N2O. The van der Waals surface area contributed by atoms with Crippen LogP contribution in [0, 0.1) is 0 Å². The maximum atomic E-state index is 11.9. The van der Waals surface area contributed by atoms with Crippen LogP contribution < -0.4 is 0 Å². The van der Waals surface area contributed by atoms with Gasteiger partial charge in [0.25, 0.3) is 0 Å². The third-order valence-corrected chi connectivity index (χ3v) is 3.27. The summed E-state index contributed by atoms with van der Waals surface area (Å²) < 4.78 is 1.68. The third kappa shape index (κ3) is 3.34. The molecule has 3 nitrogen and oxygen atoms in total. The molecule has 0 N–H and O–H groups in total. The average Bonchev–Trinajstić information content (AvgIpc) is 2.69. The first-order chi connectivity index (χ1) is 8.54. The van der Waals surface area contributed by atoms with Crippen LogP contribution in [0.1, 0.15) is 11.3 Å². The monoisotopic (exact) mass is 282 g/mol. The number of aromatic nitrogens is 2. The molecule has 0 saturated heterocycles. The van der Waals surface area contributed by atoms with Crippen molar-refractivity contribution in [2.45, 2.75) is 12.8 Å². The molecule has 0 atom stereocenters. The van der Waals surface area contributed by atoms with E-state index in [0.29, 0.717) is 22.9 Å². The summed E-state index contributed by atoms with van der Waals surface area (Å²) >= 11 is 11.7. The molecule has 0 fully saturated rings. The molecule has 0 bridgehead atoms. The predicted octanol–water partition coefficient (Wildman–Crippen LogP) is 3.08. The SMILES string of the molecule is Cn1ccc(CC(=O)Cc2ccc(Cl)c(Cl)c2)n1. The summed E-state index contributed by atoms with van der Waals surface area (Å²) in [7, 11) is 1.83. The van der Waals surface area contributed by atoms with Gasteiger partial charge in [-0.1, -0.05) is 29.3 Å². The van der Waals surface area contributed by atoms with E-state index >= 15 is 0 Å². The van der Waals surface area contributed by atoms with Crippen LogP contribution in [0.4, 0.5) is 0 Å². The van der Waals surface area contributed by atoms with E-state index in [1.165, 1.54) is 0 Å². The molecule has 0 aliphatic rings. The molecule has 2 aromatic rings. The molecule has 0 amide bonds. The number of hydrogen-bond donors (Lipinski definition) is 0. The smallest absolute Gasteiger partial charge is 0.143 e. The van der Waals surface area contributed by atoms with Crippen LogP contribution in [0.25, 0.3) is 0 Å². The Bertz CT molecular complexity index is 578. The van der Waals surface area contributed by atoms with Crippen molar-refractivity contribution in [3.05, 3.63) is 51.8 Å². The molecule has 2 rings (SSSR count). The Morgan fingerprint density at radius 2 is 2.00 bits per heavy atom. The van der Waals surface area contributed by atoms with Gasteiger partial charge in [0.2, 0.25) is 0 Å². The number of hydrogen-bond acceptors (Lipinski definition) is 2. The molecule has 0 aliphatic carbocycles. The number of halogens is 2. The van der Waals surface area contributed by atoms with Crippen molar-refractivity contribution in [3.63, 3.8) is 0 Å². The van der Waals surface area contributed by atoms with Crippen molar-refractivity contribution in [2.75, 3.05) is 0 Å². The van der Waals surface area contributed by atoms with Crippen molar-refractivity contribution in [1.29, 1.82) is 0 Å². The van der Waals surface area contributed by atoms with Gasteiger partial charge in [0, 0.05) is 19.7 Å². The van der Waals surface area contributed by atoms with E-state index < -0.39 is 0 Å². The lowest BCUT2D eigenvalue weighted by molar-refractivity contribution is -0.117. The molecule has 1 heterocycles. The fourth-order valence-electron chi connectivity index (χ4n) is 1.70. The fourth-order valence-corrected chi connectivity index (χ4v) is 2.02. The van der Waals surface area contributed by atoms with Crippen molar-refractivity contribution in [2.24, 2.45) is 7.05 Å². The van der Waals surface area contributed by atoms with Crippen LogP contribution in [0.2, 0.25) is 10.0 Å². The van der Waals surface area contributed by atoms with Gasteiger partial charge in [-0.15, -0.1) is 0 Å². The van der Waals surface area contributed by atoms with E-state index in [0.717, 1.165) is 11.3 Å². The second-order valence-corrected chi connectivity index (χ2v) is 4.94. The van der Waals surface area contributed by atoms with E-state index in [1.54, 1.807) is 16.8 Å². The highest BCUT2D eigenvalue weighted by atomic mass is 35.5. The normalized spacial score (nSPS) is 10.6. The molecule has 0 saturated carbocycles. The van der Waals surface area contributed by atoms with Crippen LogP contribution in [0.15, 0.2) is 30.5 Å². The maximum absolute atomic E-state index is 11.9. The van der Waals surface area contributed by atoms with Crippen LogP contribution in [0.5, 0.6) is 0 Å². The molecular weight excluding hydrogens is 271 g/mol. The topological polar surface area (TPSA) is 34.9 Å². The highest BCUT2D eigenvalue weighted by Gasteiger charge is 2.08. The van der Waals surface area contributed by atoms with Gasteiger partial charge in [0.15, 0.2) is 0 Å². The van der Waals surface area contributed by atoms with E-state index in [2.05, 4.69) is 5.10 Å². The minimum absolute atomic E-state index is 0.104. The largest absolute Gasteiger partial charge is 0.299 e. The van der Waals surface area contributed by atoms with Crippen LogP contribution in [-0.4, -0.2) is 15.6 Å². The number of rotatable bonds is 4. The van der Waals surface area contributed by atoms with Crippen molar-refractivity contribution >= 4 is 29.0 Å². The Morgan fingerprint density at radius 3 is 2.61 bits per heavy atom. The lowest BCUT2D eigenvalue weighted by Gasteiger charge is -2.02. The average molecular weight is 283 g/mol. The second kappa shape index (κ2) is 5.55. The number of benzene rings is 1. The predicted molar refractivity (Wildman–Crippen MR) is 72.1 cm³/mol. The summed E-state index contributed by atoms with van der Waals surface area (Å²) in [6, 6.07) is 7.07. The lowest BCUT2D eigenvalue weighted by atomic mass is 10.1. The van der Waals surface area contributed by atoms with Gasteiger partial charge >= 0.3 is 0 Å². The van der Waals surface area contributed by atoms with E-state index in [9.17, 15) is 4.79 Å². The highest BCUT2D eigenvalue weighted by molar-refractivity contribution is 6.42. The van der Waals surface area contributed by atoms with Crippen molar-refractivity contribution in [1.82, 2.24) is 9.78 Å². The summed E-state index contributed by atoms with van der Waals surface area (Å²) in [5, 5.41) is 5.14. The fraction of sp³-hybridized carbons (Fsp3) is 0.231. The summed E-state index contributed by atoms with van der Waals surface area (Å²) in [5.74, 6) is 0.104. The van der Waals surface area contributed by atoms with Crippen LogP contribution >= 0.6 is 23.2 Å². The van der Waals surface area contributed by atoms with Crippen LogP contribution in [0.3, 0.4) is 0 Å². The van der Waals surface area contributed by atoms with E-state index in [-0.39, 0.29) is 5.78 Å². The maximum Gasteiger partial charge on any atom is 0.143 e. The molecule has 1 aromatic carbocycles. The number of ketones is 1. The Morgan fingerprint density at radius 1 is 1.22 bits per heavy atom. The summed E-state index contributed by atoms with van der Waals surface area (Å²) in [6.45, 7) is 0. The van der Waals surface area contributed by atoms with E-state index in [1.807, 2.05) is 25.4 Å². The number of aryl methyl sites for hydroxylation is 1. The minimum atomic E-state index is 0.104. The van der Waals surface area contributed by atoms with Gasteiger partial charge in [0.1, 0.15) is 5.78 Å². The van der Waals surface area contributed by atoms with Crippen LogP contribution in [-0.2, 0) is 24.7 Å². The number of nitrogens with zero attached hydrogens (tertiary/aromatic N) is 2. The highest BCUT2D eigenvalue weighted by Crippen LogP contribution is 2.22. The van der Waals surface area contributed by atoms with Gasteiger partial charge in [0.05, 0.1) is 22.2 Å². The molecule has 5 heteroatoms. The first-order valence-electron chi connectivity index (χ1n) is 5.49. The van der Waals surface area contributed by atoms with Gasteiger partial charge in [-0.05, 0) is 23.8 Å². The minimum Gasteiger partial charge on any atom is -0.299 e. The summed E-state index contributed by atoms with van der Waals surface area (Å²) in [4.78, 5) is 11.9. The second-order valence-electron chi connectivity index (χ2n) is 4.12. The van der Waals surface area contributed by atoms with Crippen molar-refractivity contribution in [3.8, 4) is 0 Å². The standard InChI is InChI=1S/C13H12Cl2N2O/c1-17-5-4-10(16-17)8-11(18)6-9-2-3-12(14)13(15)7-9/h2-5,7H,6,8H2,1H3. The van der Waals surface area contributed by atoms with Gasteiger partial charge in [-0.2, -0.15) is 5.10 Å². The Balaban J connectivity index is 2.00. The zero-order valence-corrected chi connectivity index (χ0v) is 11.4. The number of Topliss-reactive ketones (excluding diaryl/α,β-unsaturated/α-hetero) is 1. The number of carbonyl (C=O) groups is 1. The van der Waals surface area contributed by atoms with Gasteiger partial charge in [-0.25, -0.2) is 0 Å². The lowest BCUT2D eigenvalue weighted by Crippen LogP contribution is -2.07. The molecule has 0 spiro atoms. The zero-order valence-electron chi connectivity index (χ0n) is 9.86. The summed E-state index contributed by atoms with van der Waals surface area (Å²) in [5.41, 5.74) is 1.65. The number of carbonyl (C=O) groups excluding carboxylic acids is 1. The van der Waals surface area contributed by atoms with Gasteiger partial charge < -0.3 is 0 Å². The molecule has 0 unspecified atom stereocenters. The molecule has 0 aliphatic heterocycles. The van der Waals surface area contributed by atoms with Crippen molar-refractivity contribution < 1.29 is 4.79 Å². The summed E-state index contributed by atoms with van der Waals surface area (Å²) in [6.07, 6.45) is 2.50. The first-order valence-corrected chi connectivity index (χ1v) is 6.24. The Kier molecular flexibility index (Phi) is 4.04. The third-order valence-electron chi connectivity index (χ3n) is 2.53. The molecule has 94 valence electrons. The Labute approximate surface area is 115 Å². The van der Waals surface area contributed by atoms with Gasteiger partial charge in [-0.3, -0.25) is 9.48 Å². The molecule has 0 radical (unpaired) electrons. The molecule has 18 heavy (non-hydrogen) atoms. The first kappa shape index (κ1) is 13.1. The quantitative estimate of drug-likeness (QED) is 0.864. The molecule has 1 aromatic heterocycles.